The fraction of sp³-hybridized carbons (Fsp3) is 0. The molecule has 1 nitrogen and oxygen atoms in total. The molecule has 0 amide bonds. The molecule has 0 unspecified atom stereocenters. The van der Waals surface area contributed by atoms with Crippen LogP contribution in [0.3, 0.4) is 0 Å². The number of fused-ring (bicyclic) bond motifs is 5. The molecular weight excluding hydrogens is 575 g/mol. The first-order chi connectivity index (χ1) is 22.8. The quantitative estimate of drug-likeness (QED) is 0.189. The first kappa shape index (κ1) is 26.7. The molecular formula is C44H29NS. The molecule has 0 saturated carbocycles. The van der Waals surface area contributed by atoms with Gasteiger partial charge in [0.25, 0.3) is 0 Å². The van der Waals surface area contributed by atoms with Gasteiger partial charge in [0.15, 0.2) is 0 Å². The standard InChI is InChI=1S/C44H29NS/c1-2-11-31(12-3-1)39-14-6-8-16-42(39)45(38-24-25-41-40-15-7-9-17-43(40)46-44(41)29-38)37-23-22-35-27-34(20-21-36(35)28-37)33-19-18-30-10-4-5-13-32(30)26-33/h1-29H. The van der Waals surface area contributed by atoms with E-state index in [1.165, 1.54) is 64.0 Å². The van der Waals surface area contributed by atoms with Gasteiger partial charge < -0.3 is 4.90 Å². The maximum Gasteiger partial charge on any atom is 0.0540 e. The Morgan fingerprint density at radius 3 is 1.80 bits per heavy atom. The van der Waals surface area contributed by atoms with Gasteiger partial charge in [0.05, 0.1) is 5.69 Å². The molecule has 1 aromatic heterocycles. The lowest BCUT2D eigenvalue weighted by Crippen LogP contribution is -2.11. The maximum absolute atomic E-state index is 2.42. The van der Waals surface area contributed by atoms with E-state index in [1.54, 1.807) is 0 Å². The molecule has 9 aromatic rings. The van der Waals surface area contributed by atoms with Gasteiger partial charge in [0.2, 0.25) is 0 Å². The van der Waals surface area contributed by atoms with E-state index in [0.717, 1.165) is 17.1 Å². The van der Waals surface area contributed by atoms with Crippen molar-refractivity contribution in [2.24, 2.45) is 0 Å². The van der Waals surface area contributed by atoms with Crippen LogP contribution < -0.4 is 4.90 Å². The molecule has 0 aliphatic heterocycles. The molecule has 0 radical (unpaired) electrons. The van der Waals surface area contributed by atoms with E-state index in [4.69, 9.17) is 0 Å². The van der Waals surface area contributed by atoms with E-state index < -0.39 is 0 Å². The zero-order valence-electron chi connectivity index (χ0n) is 25.1. The van der Waals surface area contributed by atoms with Crippen molar-refractivity contribution in [3.05, 3.63) is 176 Å². The van der Waals surface area contributed by atoms with Gasteiger partial charge in [0.1, 0.15) is 0 Å². The third kappa shape index (κ3) is 4.63. The van der Waals surface area contributed by atoms with E-state index in [1.807, 2.05) is 11.3 Å². The van der Waals surface area contributed by atoms with Crippen LogP contribution in [0.15, 0.2) is 176 Å². The number of anilines is 3. The molecule has 1 heterocycles. The molecule has 46 heavy (non-hydrogen) atoms. The van der Waals surface area contributed by atoms with Crippen LogP contribution in [-0.4, -0.2) is 0 Å². The van der Waals surface area contributed by atoms with Crippen LogP contribution in [0.2, 0.25) is 0 Å². The van der Waals surface area contributed by atoms with Gasteiger partial charge in [-0.15, -0.1) is 11.3 Å². The molecule has 0 N–H and O–H groups in total. The van der Waals surface area contributed by atoms with Crippen molar-refractivity contribution < 1.29 is 0 Å². The third-order valence-electron chi connectivity index (χ3n) is 9.02. The zero-order chi connectivity index (χ0) is 30.5. The number of benzene rings is 8. The Bertz CT molecular complexity index is 2540. The largest absolute Gasteiger partial charge is 0.310 e. The second kappa shape index (κ2) is 11.0. The van der Waals surface area contributed by atoms with Gasteiger partial charge >= 0.3 is 0 Å². The van der Waals surface area contributed by atoms with E-state index in [0.29, 0.717) is 0 Å². The highest BCUT2D eigenvalue weighted by molar-refractivity contribution is 7.25. The molecule has 0 spiro atoms. The van der Waals surface area contributed by atoms with Gasteiger partial charge in [0, 0.05) is 37.1 Å². The van der Waals surface area contributed by atoms with Crippen molar-refractivity contribution in [1.82, 2.24) is 0 Å². The van der Waals surface area contributed by atoms with Gasteiger partial charge in [-0.25, -0.2) is 0 Å². The van der Waals surface area contributed by atoms with Crippen molar-refractivity contribution in [2.45, 2.75) is 0 Å². The van der Waals surface area contributed by atoms with Crippen LogP contribution in [-0.2, 0) is 0 Å². The second-order valence-electron chi connectivity index (χ2n) is 11.8. The SMILES string of the molecule is c1ccc(-c2ccccc2N(c2ccc3cc(-c4ccc5ccccc5c4)ccc3c2)c2ccc3c(c2)sc2ccccc23)cc1. The lowest BCUT2D eigenvalue weighted by Gasteiger charge is -2.28. The monoisotopic (exact) mass is 603 g/mol. The van der Waals surface area contributed by atoms with Crippen LogP contribution in [0.25, 0.3) is 64.0 Å². The minimum absolute atomic E-state index is 1.13. The number of hydrogen-bond acceptors (Lipinski definition) is 2. The predicted molar refractivity (Wildman–Crippen MR) is 200 cm³/mol. The number of thiophene rings is 1. The topological polar surface area (TPSA) is 3.24 Å². The predicted octanol–water partition coefficient (Wildman–Crippen LogP) is 13.2. The Morgan fingerprint density at radius 1 is 0.348 bits per heavy atom. The highest BCUT2D eigenvalue weighted by Crippen LogP contribution is 2.44. The molecule has 0 aliphatic rings. The van der Waals surface area contributed by atoms with E-state index in [9.17, 15) is 0 Å². The van der Waals surface area contributed by atoms with E-state index >= 15 is 0 Å². The molecule has 0 atom stereocenters. The van der Waals surface area contributed by atoms with Gasteiger partial charge in [-0.3, -0.25) is 0 Å². The summed E-state index contributed by atoms with van der Waals surface area (Å²) < 4.78 is 2.61. The summed E-state index contributed by atoms with van der Waals surface area (Å²) in [5.74, 6) is 0. The van der Waals surface area contributed by atoms with E-state index in [-0.39, 0.29) is 0 Å². The summed E-state index contributed by atoms with van der Waals surface area (Å²) in [5, 5.41) is 7.59. The van der Waals surface area contributed by atoms with Crippen LogP contribution in [0.4, 0.5) is 17.1 Å². The van der Waals surface area contributed by atoms with Crippen LogP contribution >= 0.6 is 11.3 Å². The van der Waals surface area contributed by atoms with Crippen molar-refractivity contribution >= 4 is 70.1 Å². The highest BCUT2D eigenvalue weighted by atomic mass is 32.1. The Hall–Kier alpha value is -5.70. The second-order valence-corrected chi connectivity index (χ2v) is 12.9. The number of rotatable bonds is 5. The van der Waals surface area contributed by atoms with Gasteiger partial charge in [-0.1, -0.05) is 127 Å². The fourth-order valence-electron chi connectivity index (χ4n) is 6.73. The molecule has 8 aromatic carbocycles. The molecule has 216 valence electrons. The summed E-state index contributed by atoms with van der Waals surface area (Å²) in [6.07, 6.45) is 0. The summed E-state index contributed by atoms with van der Waals surface area (Å²) >= 11 is 1.86. The molecule has 2 heteroatoms. The minimum atomic E-state index is 1.13. The molecule has 0 fully saturated rings. The fourth-order valence-corrected chi connectivity index (χ4v) is 7.87. The van der Waals surface area contributed by atoms with E-state index in [2.05, 4.69) is 181 Å². The average molecular weight is 604 g/mol. The highest BCUT2D eigenvalue weighted by Gasteiger charge is 2.19. The van der Waals surface area contributed by atoms with Crippen LogP contribution in [0.5, 0.6) is 0 Å². The Kier molecular flexibility index (Phi) is 6.40. The summed E-state index contributed by atoms with van der Waals surface area (Å²) in [6, 6.07) is 64.0. The van der Waals surface area contributed by atoms with Gasteiger partial charge in [-0.2, -0.15) is 0 Å². The van der Waals surface area contributed by atoms with Crippen LogP contribution in [0.1, 0.15) is 0 Å². The first-order valence-electron chi connectivity index (χ1n) is 15.7. The molecule has 0 bridgehead atoms. The summed E-state index contributed by atoms with van der Waals surface area (Å²) in [7, 11) is 0. The summed E-state index contributed by atoms with van der Waals surface area (Å²) in [5.41, 5.74) is 8.30. The maximum atomic E-state index is 2.42. The number of para-hydroxylation sites is 1. The third-order valence-corrected chi connectivity index (χ3v) is 10.1. The average Bonchev–Trinajstić information content (AvgIpc) is 3.50. The summed E-state index contributed by atoms with van der Waals surface area (Å²) in [4.78, 5) is 2.42. The minimum Gasteiger partial charge on any atom is -0.310 e. The van der Waals surface area contributed by atoms with Crippen molar-refractivity contribution in [1.29, 1.82) is 0 Å². The smallest absolute Gasteiger partial charge is 0.0540 e. The lowest BCUT2D eigenvalue weighted by atomic mass is 9.98. The van der Waals surface area contributed by atoms with Crippen LogP contribution in [0, 0.1) is 0 Å². The molecule has 9 rings (SSSR count). The normalized spacial score (nSPS) is 11.5. The number of nitrogens with zero attached hydrogens (tertiary/aromatic N) is 1. The lowest BCUT2D eigenvalue weighted by molar-refractivity contribution is 1.30. The molecule has 0 aliphatic carbocycles. The molecule has 0 saturated heterocycles. The van der Waals surface area contributed by atoms with Gasteiger partial charge in [-0.05, 0) is 86.8 Å². The Labute approximate surface area is 272 Å². The van der Waals surface area contributed by atoms with Crippen molar-refractivity contribution in [3.8, 4) is 22.3 Å². The first-order valence-corrected chi connectivity index (χ1v) is 16.5. The Balaban J connectivity index is 1.20. The number of hydrogen-bond donors (Lipinski definition) is 0. The van der Waals surface area contributed by atoms with Crippen molar-refractivity contribution in [3.63, 3.8) is 0 Å². The zero-order valence-corrected chi connectivity index (χ0v) is 25.9. The summed E-state index contributed by atoms with van der Waals surface area (Å²) in [6.45, 7) is 0. The van der Waals surface area contributed by atoms with Crippen molar-refractivity contribution in [2.75, 3.05) is 4.90 Å². The Morgan fingerprint density at radius 2 is 0.935 bits per heavy atom.